The topological polar surface area (TPSA) is 114 Å². The van der Waals surface area contributed by atoms with Gasteiger partial charge in [-0.25, -0.2) is 4.79 Å². The van der Waals surface area contributed by atoms with E-state index in [1.54, 1.807) is 35.0 Å². The molecule has 0 radical (unpaired) electrons. The van der Waals surface area contributed by atoms with Crippen molar-refractivity contribution in [2.24, 2.45) is 5.92 Å². The molecule has 0 saturated heterocycles. The molecule has 1 aliphatic heterocycles. The molecule has 1 aliphatic carbocycles. The molecule has 3 N–H and O–H groups in total. The summed E-state index contributed by atoms with van der Waals surface area (Å²) in [5, 5.41) is 15.9. The van der Waals surface area contributed by atoms with Gasteiger partial charge in [-0.2, -0.15) is 0 Å². The van der Waals surface area contributed by atoms with Crippen molar-refractivity contribution in [1.82, 2.24) is 20.0 Å². The molecule has 3 rings (SSSR count). The number of amides is 4. The Morgan fingerprint density at radius 2 is 1.90 bits per heavy atom. The van der Waals surface area contributed by atoms with Gasteiger partial charge in [0.05, 0.1) is 24.8 Å². The summed E-state index contributed by atoms with van der Waals surface area (Å²) >= 11 is 0. The second-order valence-corrected chi connectivity index (χ2v) is 11.5. The van der Waals surface area contributed by atoms with E-state index in [4.69, 9.17) is 4.74 Å². The van der Waals surface area contributed by atoms with Gasteiger partial charge in [0.2, 0.25) is 5.91 Å². The molecular formula is C29H47N5O5. The highest BCUT2D eigenvalue weighted by Crippen LogP contribution is 2.31. The second-order valence-electron chi connectivity index (χ2n) is 11.5. The van der Waals surface area contributed by atoms with Gasteiger partial charge in [0, 0.05) is 37.7 Å². The number of fused-ring (bicyclic) bond motifs is 1. The van der Waals surface area contributed by atoms with Gasteiger partial charge in [-0.05, 0) is 65.0 Å². The Labute approximate surface area is 233 Å². The third kappa shape index (κ3) is 8.83. The zero-order valence-corrected chi connectivity index (χ0v) is 24.2. The van der Waals surface area contributed by atoms with Crippen LogP contribution in [-0.2, 0) is 4.79 Å². The number of benzene rings is 1. The first kappa shape index (κ1) is 30.7. The number of carbonyl (C=O) groups excluding carboxylic acids is 3. The van der Waals surface area contributed by atoms with Crippen LogP contribution in [0.25, 0.3) is 0 Å². The number of rotatable bonds is 10. The molecule has 0 bridgehead atoms. The molecule has 0 unspecified atom stereocenters. The third-order valence-electron chi connectivity index (χ3n) is 7.69. The van der Waals surface area contributed by atoms with Crippen LogP contribution >= 0.6 is 0 Å². The van der Waals surface area contributed by atoms with E-state index in [0.29, 0.717) is 36.5 Å². The third-order valence-corrected chi connectivity index (χ3v) is 7.69. The zero-order valence-electron chi connectivity index (χ0n) is 24.2. The minimum absolute atomic E-state index is 0.0999. The zero-order chi connectivity index (χ0) is 28.5. The van der Waals surface area contributed by atoms with Gasteiger partial charge in [-0.1, -0.05) is 26.2 Å². The van der Waals surface area contributed by atoms with Crippen LogP contribution in [0, 0.1) is 5.92 Å². The number of likely N-dealkylation sites (N-methyl/N-ethyl adjacent to an activating group) is 1. The van der Waals surface area contributed by atoms with Gasteiger partial charge in [-0.15, -0.1) is 0 Å². The molecule has 1 aromatic carbocycles. The van der Waals surface area contributed by atoms with E-state index in [1.807, 2.05) is 32.8 Å². The van der Waals surface area contributed by atoms with Crippen molar-refractivity contribution in [2.45, 2.75) is 77.0 Å². The van der Waals surface area contributed by atoms with E-state index in [2.05, 4.69) is 10.6 Å². The summed E-state index contributed by atoms with van der Waals surface area (Å²) in [4.78, 5) is 44.4. The number of hydrogen-bond donors (Lipinski definition) is 3. The van der Waals surface area contributed by atoms with Crippen LogP contribution < -0.4 is 15.4 Å². The van der Waals surface area contributed by atoms with Crippen molar-refractivity contribution in [3.8, 4) is 5.75 Å². The van der Waals surface area contributed by atoms with E-state index >= 15 is 0 Å². The molecule has 2 aliphatic rings. The smallest absolute Gasteiger partial charge is 0.317 e. The van der Waals surface area contributed by atoms with Gasteiger partial charge < -0.3 is 35.2 Å². The van der Waals surface area contributed by atoms with Crippen molar-refractivity contribution >= 4 is 23.5 Å². The van der Waals surface area contributed by atoms with Gasteiger partial charge in [0.25, 0.3) is 5.91 Å². The van der Waals surface area contributed by atoms with Crippen molar-refractivity contribution in [3.05, 3.63) is 23.8 Å². The number of anilines is 1. The monoisotopic (exact) mass is 545 g/mol. The lowest BCUT2D eigenvalue weighted by Crippen LogP contribution is -2.52. The maximum absolute atomic E-state index is 13.6. The van der Waals surface area contributed by atoms with Crippen molar-refractivity contribution < 1.29 is 24.2 Å². The predicted octanol–water partition coefficient (Wildman–Crippen LogP) is 3.16. The van der Waals surface area contributed by atoms with E-state index in [1.165, 1.54) is 6.42 Å². The van der Waals surface area contributed by atoms with E-state index in [9.17, 15) is 19.5 Å². The Kier molecular flexibility index (Phi) is 11.4. The van der Waals surface area contributed by atoms with Gasteiger partial charge in [0.15, 0.2) is 0 Å². The van der Waals surface area contributed by atoms with Crippen LogP contribution in [0.5, 0.6) is 5.75 Å². The molecule has 39 heavy (non-hydrogen) atoms. The normalized spacial score (nSPS) is 20.9. The Bertz CT molecular complexity index is 981. The van der Waals surface area contributed by atoms with E-state index in [-0.39, 0.29) is 42.5 Å². The lowest BCUT2D eigenvalue weighted by atomic mass is 9.96. The Morgan fingerprint density at radius 1 is 1.18 bits per heavy atom. The Morgan fingerprint density at radius 3 is 2.56 bits per heavy atom. The lowest BCUT2D eigenvalue weighted by molar-refractivity contribution is -0.116. The standard InChI is InChI=1S/C29H47N5O5/c1-20-17-34(21(2)19-35)28(37)24-16-23(30-27(36)12-9-15-32(3)4)13-14-25(24)39-26(20)18-33(5)29(38)31-22-10-7-6-8-11-22/h13-14,16,20-22,26,35H,6-12,15,17-19H2,1-5H3,(H,30,36)(H,31,38)/t20-,21-,26-/m0/s1. The molecule has 10 nitrogen and oxygen atoms in total. The number of hydrogen-bond acceptors (Lipinski definition) is 6. The summed E-state index contributed by atoms with van der Waals surface area (Å²) in [6.07, 6.45) is 6.25. The first-order valence-corrected chi connectivity index (χ1v) is 14.3. The summed E-state index contributed by atoms with van der Waals surface area (Å²) < 4.78 is 6.39. The average molecular weight is 546 g/mol. The van der Waals surface area contributed by atoms with E-state index < -0.39 is 6.04 Å². The molecule has 1 saturated carbocycles. The maximum atomic E-state index is 13.6. The molecule has 3 atom stereocenters. The molecule has 1 heterocycles. The molecule has 1 aromatic rings. The Hall–Kier alpha value is -2.85. The Balaban J connectivity index is 1.78. The summed E-state index contributed by atoms with van der Waals surface area (Å²) in [5.41, 5.74) is 0.846. The number of aliphatic hydroxyl groups is 1. The van der Waals surface area contributed by atoms with Gasteiger partial charge in [-0.3, -0.25) is 9.59 Å². The average Bonchev–Trinajstić information content (AvgIpc) is 2.90. The second kappa shape index (κ2) is 14.5. The van der Waals surface area contributed by atoms with Crippen molar-refractivity contribution in [3.63, 3.8) is 0 Å². The fourth-order valence-corrected chi connectivity index (χ4v) is 5.18. The summed E-state index contributed by atoms with van der Waals surface area (Å²) in [5.74, 6) is -0.0758. The van der Waals surface area contributed by atoms with Crippen LogP contribution in [0.4, 0.5) is 10.5 Å². The quantitative estimate of drug-likeness (QED) is 0.416. The first-order valence-electron chi connectivity index (χ1n) is 14.3. The van der Waals surface area contributed by atoms with Crippen LogP contribution in [0.2, 0.25) is 0 Å². The number of nitrogens with one attached hydrogen (secondary N) is 2. The fourth-order valence-electron chi connectivity index (χ4n) is 5.18. The summed E-state index contributed by atoms with van der Waals surface area (Å²) in [6.45, 7) is 5.15. The van der Waals surface area contributed by atoms with Crippen LogP contribution in [0.1, 0.15) is 69.2 Å². The molecule has 0 aromatic heterocycles. The van der Waals surface area contributed by atoms with E-state index in [0.717, 1.165) is 38.6 Å². The van der Waals surface area contributed by atoms with Gasteiger partial charge in [0.1, 0.15) is 11.9 Å². The molecule has 1 fully saturated rings. The van der Waals surface area contributed by atoms with Crippen LogP contribution in [0.15, 0.2) is 18.2 Å². The largest absolute Gasteiger partial charge is 0.487 e. The van der Waals surface area contributed by atoms with Gasteiger partial charge >= 0.3 is 6.03 Å². The first-order chi connectivity index (χ1) is 18.6. The van der Waals surface area contributed by atoms with Crippen LogP contribution in [0.3, 0.4) is 0 Å². The minimum Gasteiger partial charge on any atom is -0.487 e. The predicted molar refractivity (Wildman–Crippen MR) is 152 cm³/mol. The lowest BCUT2D eigenvalue weighted by Gasteiger charge is -2.38. The maximum Gasteiger partial charge on any atom is 0.317 e. The highest BCUT2D eigenvalue weighted by Gasteiger charge is 2.34. The van der Waals surface area contributed by atoms with Crippen molar-refractivity contribution in [1.29, 1.82) is 0 Å². The summed E-state index contributed by atoms with van der Waals surface area (Å²) in [7, 11) is 5.70. The molecule has 218 valence electrons. The highest BCUT2D eigenvalue weighted by atomic mass is 16.5. The molecule has 4 amide bonds. The van der Waals surface area contributed by atoms with Crippen LogP contribution in [-0.4, -0.2) is 103 Å². The number of urea groups is 1. The number of nitrogens with zero attached hydrogens (tertiary/aromatic N) is 3. The molecule has 10 heteroatoms. The number of aliphatic hydroxyl groups excluding tert-OH is 1. The minimum atomic E-state index is -0.400. The van der Waals surface area contributed by atoms with Crippen molar-refractivity contribution in [2.75, 3.05) is 52.7 Å². The number of carbonyl (C=O) groups is 3. The molecule has 0 spiro atoms. The highest BCUT2D eigenvalue weighted by molar-refractivity contribution is 5.99. The number of ether oxygens (including phenoxy) is 1. The summed E-state index contributed by atoms with van der Waals surface area (Å²) in [6, 6.07) is 4.77. The fraction of sp³-hybridized carbons (Fsp3) is 0.690. The molecular weight excluding hydrogens is 498 g/mol. The SMILES string of the molecule is C[C@H]1CN([C@@H](C)CO)C(=O)c2cc(NC(=O)CCCN(C)C)ccc2O[C@H]1CN(C)C(=O)NC1CCCCC1.